The summed E-state index contributed by atoms with van der Waals surface area (Å²) in [5.74, 6) is 2.22. The number of carbonyl (C=O) groups excluding carboxylic acids is 1. The third-order valence-electron chi connectivity index (χ3n) is 4.72. The smallest absolute Gasteiger partial charge is 0.218 e. The zero-order valence-corrected chi connectivity index (χ0v) is 16.0. The number of methoxy groups -OCH3 is 1. The van der Waals surface area contributed by atoms with E-state index in [2.05, 4.69) is 12.1 Å². The fraction of sp³-hybridized carbons (Fsp3) is 0.208. The average molecular weight is 375 g/mol. The summed E-state index contributed by atoms with van der Waals surface area (Å²) in [5, 5.41) is 0. The molecular weight excluding hydrogens is 350 g/mol. The molecule has 0 spiro atoms. The van der Waals surface area contributed by atoms with Crippen molar-refractivity contribution in [2.24, 2.45) is 5.73 Å². The zero-order valence-electron chi connectivity index (χ0n) is 16.0. The Bertz CT molecular complexity index is 874. The Labute approximate surface area is 165 Å². The Morgan fingerprint density at radius 2 is 1.46 bits per heavy atom. The second kappa shape index (κ2) is 9.60. The van der Waals surface area contributed by atoms with Crippen molar-refractivity contribution in [3.05, 3.63) is 90.0 Å². The quantitative estimate of drug-likeness (QED) is 0.567. The van der Waals surface area contributed by atoms with Gasteiger partial charge in [-0.15, -0.1) is 0 Å². The second-order valence-electron chi connectivity index (χ2n) is 6.74. The maximum absolute atomic E-state index is 11.5. The van der Waals surface area contributed by atoms with Crippen molar-refractivity contribution in [2.75, 3.05) is 7.11 Å². The minimum absolute atomic E-state index is 0.0867. The van der Waals surface area contributed by atoms with Gasteiger partial charge in [-0.2, -0.15) is 0 Å². The van der Waals surface area contributed by atoms with Gasteiger partial charge in [0.15, 0.2) is 0 Å². The first kappa shape index (κ1) is 19.5. The van der Waals surface area contributed by atoms with Crippen molar-refractivity contribution in [1.29, 1.82) is 0 Å². The molecule has 3 rings (SSSR count). The first-order valence-electron chi connectivity index (χ1n) is 9.38. The third kappa shape index (κ3) is 5.61. The van der Waals surface area contributed by atoms with Crippen LogP contribution in [0.1, 0.15) is 29.9 Å². The average Bonchev–Trinajstić information content (AvgIpc) is 2.73. The number of hydrogen-bond acceptors (Lipinski definition) is 3. The molecule has 1 amide bonds. The van der Waals surface area contributed by atoms with Gasteiger partial charge < -0.3 is 15.2 Å². The monoisotopic (exact) mass is 375 g/mol. The van der Waals surface area contributed by atoms with Gasteiger partial charge in [0, 0.05) is 6.42 Å². The molecule has 28 heavy (non-hydrogen) atoms. The van der Waals surface area contributed by atoms with Crippen molar-refractivity contribution in [3.8, 4) is 17.2 Å². The molecule has 0 aliphatic rings. The van der Waals surface area contributed by atoms with Gasteiger partial charge in [-0.3, -0.25) is 4.79 Å². The van der Waals surface area contributed by atoms with Crippen LogP contribution in [0.15, 0.2) is 78.9 Å². The molecule has 4 heteroatoms. The summed E-state index contributed by atoms with van der Waals surface area (Å²) in [5.41, 5.74) is 7.77. The first-order chi connectivity index (χ1) is 13.6. The molecule has 1 atom stereocenters. The van der Waals surface area contributed by atoms with Crippen LogP contribution in [0.4, 0.5) is 0 Å². The predicted octanol–water partition coefficient (Wildman–Crippen LogP) is 5.08. The number of rotatable bonds is 9. The Hall–Kier alpha value is -3.27. The van der Waals surface area contributed by atoms with Crippen molar-refractivity contribution >= 4 is 5.91 Å². The van der Waals surface area contributed by atoms with Crippen LogP contribution in [-0.4, -0.2) is 13.0 Å². The standard InChI is InChI=1S/C24H25NO3/c1-27-21-15-11-19(12-16-21)20(17-24(25)26)10-7-18-8-13-23(14-9-18)28-22-5-3-2-4-6-22/h2-6,8-9,11-16,20H,7,10,17H2,1H3,(H2,25,26). The summed E-state index contributed by atoms with van der Waals surface area (Å²) in [4.78, 5) is 11.5. The Morgan fingerprint density at radius 1 is 0.857 bits per heavy atom. The van der Waals surface area contributed by atoms with E-state index in [1.807, 2.05) is 66.7 Å². The highest BCUT2D eigenvalue weighted by Crippen LogP contribution is 2.28. The van der Waals surface area contributed by atoms with Gasteiger partial charge >= 0.3 is 0 Å². The Morgan fingerprint density at radius 3 is 2.07 bits per heavy atom. The van der Waals surface area contributed by atoms with Crippen LogP contribution in [0.5, 0.6) is 17.2 Å². The molecule has 0 fully saturated rings. The number of hydrogen-bond donors (Lipinski definition) is 1. The van der Waals surface area contributed by atoms with Crippen LogP contribution >= 0.6 is 0 Å². The van der Waals surface area contributed by atoms with Crippen molar-refractivity contribution in [1.82, 2.24) is 0 Å². The number of benzene rings is 3. The van der Waals surface area contributed by atoms with E-state index >= 15 is 0 Å². The second-order valence-corrected chi connectivity index (χ2v) is 6.74. The van der Waals surface area contributed by atoms with E-state index in [1.54, 1.807) is 7.11 Å². The molecular formula is C24H25NO3. The molecule has 0 aliphatic carbocycles. The lowest BCUT2D eigenvalue weighted by Gasteiger charge is -2.16. The van der Waals surface area contributed by atoms with Gasteiger partial charge in [-0.05, 0) is 66.3 Å². The lowest BCUT2D eigenvalue weighted by molar-refractivity contribution is -0.118. The van der Waals surface area contributed by atoms with E-state index in [0.717, 1.165) is 35.7 Å². The maximum Gasteiger partial charge on any atom is 0.218 e. The van der Waals surface area contributed by atoms with Crippen LogP contribution in [0.25, 0.3) is 0 Å². The first-order valence-corrected chi connectivity index (χ1v) is 9.38. The summed E-state index contributed by atoms with van der Waals surface area (Å²) in [6.07, 6.45) is 2.03. The topological polar surface area (TPSA) is 61.6 Å². The molecule has 2 N–H and O–H groups in total. The molecule has 0 aromatic heterocycles. The summed E-state index contributed by atoms with van der Waals surface area (Å²) >= 11 is 0. The Balaban J connectivity index is 1.62. The van der Waals surface area contributed by atoms with Gasteiger partial charge in [0.2, 0.25) is 5.91 Å². The van der Waals surface area contributed by atoms with E-state index in [0.29, 0.717) is 6.42 Å². The minimum atomic E-state index is -0.285. The van der Waals surface area contributed by atoms with Gasteiger partial charge in [0.25, 0.3) is 0 Å². The molecule has 3 aromatic carbocycles. The van der Waals surface area contributed by atoms with Crippen LogP contribution in [0, 0.1) is 0 Å². The summed E-state index contributed by atoms with van der Waals surface area (Å²) in [6.45, 7) is 0. The lowest BCUT2D eigenvalue weighted by Crippen LogP contribution is -2.16. The SMILES string of the molecule is COc1ccc(C(CCc2ccc(Oc3ccccc3)cc2)CC(N)=O)cc1. The molecule has 1 unspecified atom stereocenters. The number of para-hydroxylation sites is 1. The largest absolute Gasteiger partial charge is 0.497 e. The molecule has 3 aromatic rings. The highest BCUT2D eigenvalue weighted by atomic mass is 16.5. The summed E-state index contributed by atoms with van der Waals surface area (Å²) in [6, 6.07) is 25.6. The van der Waals surface area contributed by atoms with E-state index in [4.69, 9.17) is 15.2 Å². The van der Waals surface area contributed by atoms with E-state index < -0.39 is 0 Å². The maximum atomic E-state index is 11.5. The zero-order chi connectivity index (χ0) is 19.8. The summed E-state index contributed by atoms with van der Waals surface area (Å²) in [7, 11) is 1.64. The van der Waals surface area contributed by atoms with Crippen molar-refractivity contribution in [2.45, 2.75) is 25.2 Å². The number of aryl methyl sites for hydroxylation is 1. The van der Waals surface area contributed by atoms with Crippen LogP contribution in [-0.2, 0) is 11.2 Å². The highest BCUT2D eigenvalue weighted by molar-refractivity contribution is 5.74. The van der Waals surface area contributed by atoms with Gasteiger partial charge in [-0.25, -0.2) is 0 Å². The normalized spacial score (nSPS) is 11.6. The number of amides is 1. The number of ether oxygens (including phenoxy) is 2. The van der Waals surface area contributed by atoms with Crippen LogP contribution in [0.3, 0.4) is 0 Å². The van der Waals surface area contributed by atoms with Crippen molar-refractivity contribution in [3.63, 3.8) is 0 Å². The fourth-order valence-corrected chi connectivity index (χ4v) is 3.20. The molecule has 0 bridgehead atoms. The number of nitrogens with two attached hydrogens (primary N) is 1. The third-order valence-corrected chi connectivity index (χ3v) is 4.72. The van der Waals surface area contributed by atoms with E-state index in [1.165, 1.54) is 5.56 Å². The summed E-state index contributed by atoms with van der Waals surface area (Å²) < 4.78 is 11.0. The molecule has 144 valence electrons. The molecule has 0 heterocycles. The van der Waals surface area contributed by atoms with E-state index in [-0.39, 0.29) is 11.8 Å². The molecule has 0 radical (unpaired) electrons. The lowest BCUT2D eigenvalue weighted by atomic mass is 9.89. The van der Waals surface area contributed by atoms with Gasteiger partial charge in [0.05, 0.1) is 7.11 Å². The number of carbonyl (C=O) groups is 1. The van der Waals surface area contributed by atoms with Gasteiger partial charge in [0.1, 0.15) is 17.2 Å². The van der Waals surface area contributed by atoms with Crippen LogP contribution < -0.4 is 15.2 Å². The Kier molecular flexibility index (Phi) is 6.68. The van der Waals surface area contributed by atoms with E-state index in [9.17, 15) is 4.79 Å². The highest BCUT2D eigenvalue weighted by Gasteiger charge is 2.15. The molecule has 0 saturated carbocycles. The molecule has 0 saturated heterocycles. The predicted molar refractivity (Wildman–Crippen MR) is 111 cm³/mol. The van der Waals surface area contributed by atoms with Crippen LogP contribution in [0.2, 0.25) is 0 Å². The minimum Gasteiger partial charge on any atom is -0.497 e. The van der Waals surface area contributed by atoms with Gasteiger partial charge in [-0.1, -0.05) is 42.5 Å². The molecule has 4 nitrogen and oxygen atoms in total. The fourth-order valence-electron chi connectivity index (χ4n) is 3.20. The molecule has 0 aliphatic heterocycles. The van der Waals surface area contributed by atoms with Crippen molar-refractivity contribution < 1.29 is 14.3 Å². The number of primary amides is 1.